The van der Waals surface area contributed by atoms with E-state index in [1.54, 1.807) is 0 Å². The molecule has 0 aromatic carbocycles. The Kier molecular flexibility index (Phi) is 2.53. The van der Waals surface area contributed by atoms with Gasteiger partial charge in [0, 0.05) is 6.42 Å². The summed E-state index contributed by atoms with van der Waals surface area (Å²) in [7, 11) is 0. The molecule has 4 heteroatoms. The first-order valence-electron chi connectivity index (χ1n) is 6.12. The highest BCUT2D eigenvalue weighted by Crippen LogP contribution is 2.54. The molecular formula is C13H21NO3. The van der Waals surface area contributed by atoms with E-state index in [0.717, 1.165) is 19.3 Å². The Morgan fingerprint density at radius 3 is 2.12 bits per heavy atom. The number of rotatable bonds is 1. The summed E-state index contributed by atoms with van der Waals surface area (Å²) in [5.41, 5.74) is 0.119. The van der Waals surface area contributed by atoms with Crippen LogP contribution in [0.5, 0.6) is 0 Å². The summed E-state index contributed by atoms with van der Waals surface area (Å²) in [6, 6.07) is 0. The molecule has 0 aromatic rings. The fraction of sp³-hybridized carbons (Fsp3) is 0.846. The maximum absolute atomic E-state index is 10.9. The predicted molar refractivity (Wildman–Crippen MR) is 64.9 cm³/mol. The van der Waals surface area contributed by atoms with E-state index < -0.39 is 5.97 Å². The van der Waals surface area contributed by atoms with Gasteiger partial charge in [-0.2, -0.15) is 0 Å². The van der Waals surface area contributed by atoms with Crippen LogP contribution in [-0.4, -0.2) is 22.4 Å². The molecule has 0 saturated heterocycles. The molecule has 1 N–H and O–H groups in total. The normalized spacial score (nSPS) is 28.6. The number of nitrogens with zero attached hydrogens (tertiary/aromatic N) is 1. The molecule has 1 heterocycles. The van der Waals surface area contributed by atoms with Crippen LogP contribution in [0, 0.1) is 10.8 Å². The SMILES string of the molecule is CC1(C)CC(C)(C)CC2(CC(C(=O)O)=NO2)C1. The molecule has 0 bridgehead atoms. The minimum absolute atomic E-state index is 0.165. The van der Waals surface area contributed by atoms with Crippen LogP contribution in [-0.2, 0) is 9.63 Å². The van der Waals surface area contributed by atoms with Crippen LogP contribution in [0.2, 0.25) is 0 Å². The molecule has 96 valence electrons. The van der Waals surface area contributed by atoms with E-state index in [1.807, 2.05) is 0 Å². The molecule has 0 amide bonds. The highest BCUT2D eigenvalue weighted by molar-refractivity contribution is 6.36. The molecule has 1 fully saturated rings. The Morgan fingerprint density at radius 2 is 1.71 bits per heavy atom. The van der Waals surface area contributed by atoms with Crippen LogP contribution in [0.4, 0.5) is 0 Å². The van der Waals surface area contributed by atoms with Gasteiger partial charge in [-0.05, 0) is 30.1 Å². The lowest BCUT2D eigenvalue weighted by Gasteiger charge is -2.48. The van der Waals surface area contributed by atoms with Gasteiger partial charge in [-0.25, -0.2) is 4.79 Å². The van der Waals surface area contributed by atoms with Crippen molar-refractivity contribution in [1.82, 2.24) is 0 Å². The Bertz CT molecular complexity index is 366. The summed E-state index contributed by atoms with van der Waals surface area (Å²) in [6.07, 6.45) is 3.33. The number of oxime groups is 1. The number of carboxylic acids is 1. The van der Waals surface area contributed by atoms with E-state index in [4.69, 9.17) is 9.94 Å². The molecule has 1 saturated carbocycles. The minimum Gasteiger partial charge on any atom is -0.477 e. The molecule has 2 rings (SSSR count). The molecule has 4 nitrogen and oxygen atoms in total. The topological polar surface area (TPSA) is 58.9 Å². The first-order chi connectivity index (χ1) is 7.63. The Balaban J connectivity index is 2.20. The van der Waals surface area contributed by atoms with Crippen LogP contribution >= 0.6 is 0 Å². The van der Waals surface area contributed by atoms with Crippen molar-refractivity contribution in [3.63, 3.8) is 0 Å². The summed E-state index contributed by atoms with van der Waals surface area (Å²) >= 11 is 0. The Hall–Kier alpha value is -1.06. The van der Waals surface area contributed by atoms with Crippen molar-refractivity contribution in [2.45, 2.75) is 59.0 Å². The zero-order valence-electron chi connectivity index (χ0n) is 11.0. The van der Waals surface area contributed by atoms with Gasteiger partial charge in [0.15, 0.2) is 5.71 Å². The number of carboxylic acid groups (broad SMARTS) is 1. The molecular weight excluding hydrogens is 218 g/mol. The quantitative estimate of drug-likeness (QED) is 0.765. The van der Waals surface area contributed by atoms with Crippen molar-refractivity contribution in [2.75, 3.05) is 0 Å². The van der Waals surface area contributed by atoms with Gasteiger partial charge >= 0.3 is 5.97 Å². The molecule has 1 aliphatic carbocycles. The monoisotopic (exact) mass is 239 g/mol. The van der Waals surface area contributed by atoms with E-state index in [2.05, 4.69) is 32.9 Å². The second-order valence-corrected chi connectivity index (χ2v) is 7.15. The summed E-state index contributed by atoms with van der Waals surface area (Å²) in [5, 5.41) is 12.7. The van der Waals surface area contributed by atoms with Gasteiger partial charge in [0.1, 0.15) is 5.60 Å². The zero-order chi connectivity index (χ0) is 12.9. The van der Waals surface area contributed by atoms with E-state index in [9.17, 15) is 4.79 Å². The average molecular weight is 239 g/mol. The van der Waals surface area contributed by atoms with E-state index in [-0.39, 0.29) is 22.1 Å². The highest BCUT2D eigenvalue weighted by Gasteiger charge is 2.52. The molecule has 1 spiro atoms. The van der Waals surface area contributed by atoms with E-state index >= 15 is 0 Å². The van der Waals surface area contributed by atoms with Crippen molar-refractivity contribution in [3.05, 3.63) is 0 Å². The van der Waals surface area contributed by atoms with Crippen molar-refractivity contribution < 1.29 is 14.7 Å². The standard InChI is InChI=1S/C13H21NO3/c1-11(2)6-12(3,4)8-13(7-11)5-9(10(15)16)14-17-13/h5-8H2,1-4H3,(H,15,16). The Labute approximate surface area is 102 Å². The van der Waals surface area contributed by atoms with Crippen molar-refractivity contribution in [2.24, 2.45) is 16.0 Å². The third kappa shape index (κ3) is 2.45. The van der Waals surface area contributed by atoms with Gasteiger partial charge in [-0.1, -0.05) is 32.9 Å². The van der Waals surface area contributed by atoms with Crippen LogP contribution in [0.15, 0.2) is 5.16 Å². The molecule has 2 aliphatic rings. The van der Waals surface area contributed by atoms with E-state index in [1.165, 1.54) is 0 Å². The smallest absolute Gasteiger partial charge is 0.353 e. The van der Waals surface area contributed by atoms with Gasteiger partial charge in [-0.3, -0.25) is 0 Å². The largest absolute Gasteiger partial charge is 0.477 e. The maximum atomic E-state index is 10.9. The third-order valence-corrected chi connectivity index (χ3v) is 3.64. The van der Waals surface area contributed by atoms with Crippen molar-refractivity contribution >= 4 is 11.7 Å². The summed E-state index contributed by atoms with van der Waals surface area (Å²) in [4.78, 5) is 16.5. The fourth-order valence-electron chi connectivity index (χ4n) is 4.05. The number of carbonyl (C=O) groups is 1. The summed E-state index contributed by atoms with van der Waals surface area (Å²) < 4.78 is 0. The van der Waals surface area contributed by atoms with Gasteiger partial charge in [0.05, 0.1) is 0 Å². The van der Waals surface area contributed by atoms with Crippen molar-refractivity contribution in [1.29, 1.82) is 0 Å². The van der Waals surface area contributed by atoms with Crippen molar-refractivity contribution in [3.8, 4) is 0 Å². The van der Waals surface area contributed by atoms with Gasteiger partial charge in [0.25, 0.3) is 0 Å². The first kappa shape index (κ1) is 12.4. The number of hydrogen-bond acceptors (Lipinski definition) is 3. The van der Waals surface area contributed by atoms with Crippen LogP contribution < -0.4 is 0 Å². The predicted octanol–water partition coefficient (Wildman–Crippen LogP) is 2.82. The lowest BCUT2D eigenvalue weighted by atomic mass is 9.59. The van der Waals surface area contributed by atoms with E-state index in [0.29, 0.717) is 6.42 Å². The number of hydrogen-bond donors (Lipinski definition) is 1. The van der Waals surface area contributed by atoms with Gasteiger partial charge in [-0.15, -0.1) is 0 Å². The molecule has 0 aromatic heterocycles. The lowest BCUT2D eigenvalue weighted by molar-refractivity contribution is -0.129. The van der Waals surface area contributed by atoms with Gasteiger partial charge < -0.3 is 9.94 Å². The zero-order valence-corrected chi connectivity index (χ0v) is 11.0. The molecule has 1 aliphatic heterocycles. The fourth-order valence-corrected chi connectivity index (χ4v) is 4.05. The molecule has 0 atom stereocenters. The van der Waals surface area contributed by atoms with Crippen LogP contribution in [0.3, 0.4) is 0 Å². The second kappa shape index (κ2) is 3.47. The van der Waals surface area contributed by atoms with Gasteiger partial charge in [0.2, 0.25) is 0 Å². The minimum atomic E-state index is -0.955. The third-order valence-electron chi connectivity index (χ3n) is 3.64. The second-order valence-electron chi connectivity index (χ2n) is 7.15. The summed E-state index contributed by atoms with van der Waals surface area (Å²) in [5.74, 6) is -0.955. The summed E-state index contributed by atoms with van der Waals surface area (Å²) in [6.45, 7) is 8.88. The number of aliphatic carboxylic acids is 1. The first-order valence-corrected chi connectivity index (χ1v) is 6.12. The highest BCUT2D eigenvalue weighted by atomic mass is 16.7. The van der Waals surface area contributed by atoms with Crippen LogP contribution in [0.25, 0.3) is 0 Å². The molecule has 0 radical (unpaired) electrons. The molecule has 0 unspecified atom stereocenters. The average Bonchev–Trinajstić information content (AvgIpc) is 2.41. The Morgan fingerprint density at radius 1 is 1.18 bits per heavy atom. The lowest BCUT2D eigenvalue weighted by Crippen LogP contribution is -2.46. The van der Waals surface area contributed by atoms with Crippen LogP contribution in [0.1, 0.15) is 53.4 Å². The maximum Gasteiger partial charge on any atom is 0.353 e. The molecule has 17 heavy (non-hydrogen) atoms.